The van der Waals surface area contributed by atoms with Crippen molar-refractivity contribution < 1.29 is 22.7 Å². The van der Waals surface area contributed by atoms with Gasteiger partial charge in [-0.05, 0) is 36.8 Å². The van der Waals surface area contributed by atoms with Crippen molar-refractivity contribution in [3.8, 4) is 0 Å². The molecular weight excluding hydrogens is 299 g/mol. The van der Waals surface area contributed by atoms with Gasteiger partial charge in [0.25, 0.3) is 10.0 Å². The number of benzene rings is 1. The van der Waals surface area contributed by atoms with Crippen molar-refractivity contribution in [3.63, 3.8) is 0 Å². The molecule has 2 N–H and O–H groups in total. The number of pyridine rings is 1. The van der Waals surface area contributed by atoms with Crippen LogP contribution in [0, 0.1) is 12.7 Å². The van der Waals surface area contributed by atoms with E-state index in [1.807, 2.05) is 0 Å². The smallest absolute Gasteiger partial charge is 0.337 e. The highest BCUT2D eigenvalue weighted by Gasteiger charge is 2.18. The molecule has 110 valence electrons. The van der Waals surface area contributed by atoms with Gasteiger partial charge in [-0.25, -0.2) is 14.2 Å². The number of carbonyl (C=O) groups is 1. The van der Waals surface area contributed by atoms with Crippen LogP contribution in [-0.2, 0) is 10.0 Å². The number of hydrogen-bond donors (Lipinski definition) is 2. The Morgan fingerprint density at radius 2 is 2.00 bits per heavy atom. The molecular formula is C13H11FN2O4S. The summed E-state index contributed by atoms with van der Waals surface area (Å²) in [6.45, 7) is 1.69. The first-order valence-corrected chi connectivity index (χ1v) is 7.26. The van der Waals surface area contributed by atoms with Gasteiger partial charge in [0.15, 0.2) is 5.03 Å². The zero-order chi connectivity index (χ0) is 15.6. The van der Waals surface area contributed by atoms with Crippen LogP contribution in [0.25, 0.3) is 0 Å². The standard InChI is InChI=1S/C13H11FN2O4S/c1-8-2-4-10(14)11(6-8)16-21(19,20)12-5-3-9(7-15-12)13(17)18/h2-7,16H,1H3,(H,17,18). The van der Waals surface area contributed by atoms with E-state index in [0.717, 1.165) is 24.4 Å². The van der Waals surface area contributed by atoms with E-state index in [2.05, 4.69) is 9.71 Å². The maximum atomic E-state index is 13.6. The summed E-state index contributed by atoms with van der Waals surface area (Å²) in [5.74, 6) is -1.93. The highest BCUT2D eigenvalue weighted by molar-refractivity contribution is 7.92. The zero-order valence-electron chi connectivity index (χ0n) is 10.9. The Hall–Kier alpha value is -2.48. The highest BCUT2D eigenvalue weighted by atomic mass is 32.2. The first kappa shape index (κ1) is 14.9. The van der Waals surface area contributed by atoms with Crippen molar-refractivity contribution in [1.29, 1.82) is 0 Å². The van der Waals surface area contributed by atoms with Crippen LogP contribution < -0.4 is 4.72 Å². The van der Waals surface area contributed by atoms with Gasteiger partial charge < -0.3 is 5.11 Å². The Morgan fingerprint density at radius 3 is 2.57 bits per heavy atom. The van der Waals surface area contributed by atoms with E-state index < -0.39 is 26.8 Å². The van der Waals surface area contributed by atoms with Gasteiger partial charge in [-0.3, -0.25) is 4.72 Å². The Bertz CT molecular complexity index is 788. The topological polar surface area (TPSA) is 96.4 Å². The number of anilines is 1. The molecule has 0 fully saturated rings. The van der Waals surface area contributed by atoms with E-state index in [1.165, 1.54) is 12.1 Å². The lowest BCUT2D eigenvalue weighted by atomic mass is 10.2. The molecule has 21 heavy (non-hydrogen) atoms. The first-order chi connectivity index (χ1) is 9.79. The molecule has 8 heteroatoms. The Kier molecular flexibility index (Phi) is 3.90. The van der Waals surface area contributed by atoms with E-state index in [4.69, 9.17) is 5.11 Å². The molecule has 2 aromatic rings. The summed E-state index contributed by atoms with van der Waals surface area (Å²) >= 11 is 0. The van der Waals surface area contributed by atoms with E-state index in [-0.39, 0.29) is 11.3 Å². The number of aryl methyl sites for hydroxylation is 1. The molecule has 0 amide bonds. The van der Waals surface area contributed by atoms with Gasteiger partial charge in [-0.15, -0.1) is 0 Å². The number of nitrogens with one attached hydrogen (secondary N) is 1. The monoisotopic (exact) mass is 310 g/mol. The van der Waals surface area contributed by atoms with Crippen LogP contribution >= 0.6 is 0 Å². The normalized spacial score (nSPS) is 11.1. The number of halogens is 1. The number of hydrogen-bond acceptors (Lipinski definition) is 4. The number of nitrogens with zero attached hydrogens (tertiary/aromatic N) is 1. The third-order valence-electron chi connectivity index (χ3n) is 2.62. The summed E-state index contributed by atoms with van der Waals surface area (Å²) < 4.78 is 39.8. The summed E-state index contributed by atoms with van der Waals surface area (Å²) in [5.41, 5.74) is 0.345. The van der Waals surface area contributed by atoms with Gasteiger partial charge in [0.1, 0.15) is 5.82 Å². The minimum Gasteiger partial charge on any atom is -0.478 e. The minimum absolute atomic E-state index is 0.143. The Labute approximate surface area is 120 Å². The van der Waals surface area contributed by atoms with Crippen molar-refractivity contribution in [2.45, 2.75) is 11.9 Å². The maximum absolute atomic E-state index is 13.6. The van der Waals surface area contributed by atoms with Crippen LogP contribution in [0.2, 0.25) is 0 Å². The van der Waals surface area contributed by atoms with Crippen molar-refractivity contribution in [2.24, 2.45) is 0 Å². The largest absolute Gasteiger partial charge is 0.478 e. The molecule has 0 radical (unpaired) electrons. The predicted octanol–water partition coefficient (Wildman–Crippen LogP) is 2.03. The number of rotatable bonds is 4. The SMILES string of the molecule is Cc1ccc(F)c(NS(=O)(=O)c2ccc(C(=O)O)cn2)c1. The average molecular weight is 310 g/mol. The molecule has 1 aromatic carbocycles. The van der Waals surface area contributed by atoms with Gasteiger partial charge in [0, 0.05) is 6.20 Å². The van der Waals surface area contributed by atoms with Gasteiger partial charge in [-0.1, -0.05) is 6.07 Å². The fraction of sp³-hybridized carbons (Fsp3) is 0.0769. The molecule has 0 saturated heterocycles. The number of carboxylic acid groups (broad SMARTS) is 1. The predicted molar refractivity (Wildman–Crippen MR) is 73.1 cm³/mol. The summed E-state index contributed by atoms with van der Waals surface area (Å²) in [6, 6.07) is 6.15. The second kappa shape index (κ2) is 5.49. The minimum atomic E-state index is -4.09. The number of sulfonamides is 1. The zero-order valence-corrected chi connectivity index (χ0v) is 11.7. The summed E-state index contributed by atoms with van der Waals surface area (Å²) in [6.07, 6.45) is 0.920. The molecule has 0 saturated carbocycles. The molecule has 0 spiro atoms. The van der Waals surface area contributed by atoms with Crippen molar-refractivity contribution in [1.82, 2.24) is 4.98 Å². The van der Waals surface area contributed by atoms with Crippen LogP contribution in [0.4, 0.5) is 10.1 Å². The van der Waals surface area contributed by atoms with Gasteiger partial charge in [0.05, 0.1) is 11.3 Å². The van der Waals surface area contributed by atoms with Crippen molar-refractivity contribution in [2.75, 3.05) is 4.72 Å². The molecule has 0 bridgehead atoms. The average Bonchev–Trinajstić information content (AvgIpc) is 2.43. The van der Waals surface area contributed by atoms with Crippen LogP contribution in [0.15, 0.2) is 41.6 Å². The molecule has 6 nitrogen and oxygen atoms in total. The van der Waals surface area contributed by atoms with Crippen LogP contribution in [0.3, 0.4) is 0 Å². The molecule has 0 atom stereocenters. The molecule has 1 heterocycles. The fourth-order valence-electron chi connectivity index (χ4n) is 1.58. The Morgan fingerprint density at radius 1 is 1.29 bits per heavy atom. The molecule has 0 aliphatic carbocycles. The van der Waals surface area contributed by atoms with Crippen LogP contribution in [-0.4, -0.2) is 24.5 Å². The molecule has 0 unspecified atom stereocenters. The van der Waals surface area contributed by atoms with Crippen molar-refractivity contribution in [3.05, 3.63) is 53.5 Å². The maximum Gasteiger partial charge on any atom is 0.337 e. The van der Waals surface area contributed by atoms with Crippen LogP contribution in [0.5, 0.6) is 0 Å². The van der Waals surface area contributed by atoms with E-state index in [0.29, 0.717) is 5.56 Å². The van der Waals surface area contributed by atoms with Crippen LogP contribution in [0.1, 0.15) is 15.9 Å². The second-order valence-electron chi connectivity index (χ2n) is 4.28. The fourth-order valence-corrected chi connectivity index (χ4v) is 2.57. The summed E-state index contributed by atoms with van der Waals surface area (Å²) in [4.78, 5) is 14.2. The number of carboxylic acids is 1. The van der Waals surface area contributed by atoms with Gasteiger partial charge in [-0.2, -0.15) is 8.42 Å². The third-order valence-corrected chi connectivity index (χ3v) is 3.91. The molecule has 0 aliphatic rings. The Balaban J connectivity index is 2.34. The quantitative estimate of drug-likeness (QED) is 0.900. The molecule has 2 rings (SSSR count). The van der Waals surface area contributed by atoms with E-state index in [9.17, 15) is 17.6 Å². The lowest BCUT2D eigenvalue weighted by Gasteiger charge is -2.09. The first-order valence-electron chi connectivity index (χ1n) is 5.78. The molecule has 0 aliphatic heterocycles. The third kappa shape index (κ3) is 3.34. The summed E-state index contributed by atoms with van der Waals surface area (Å²) in [7, 11) is -4.09. The highest BCUT2D eigenvalue weighted by Crippen LogP contribution is 2.19. The summed E-state index contributed by atoms with van der Waals surface area (Å²) in [5, 5.41) is 8.33. The lowest BCUT2D eigenvalue weighted by Crippen LogP contribution is -2.16. The number of aromatic nitrogens is 1. The van der Waals surface area contributed by atoms with Crippen molar-refractivity contribution >= 4 is 21.7 Å². The van der Waals surface area contributed by atoms with E-state index in [1.54, 1.807) is 6.92 Å². The van der Waals surface area contributed by atoms with E-state index >= 15 is 0 Å². The second-order valence-corrected chi connectivity index (χ2v) is 5.91. The van der Waals surface area contributed by atoms with Gasteiger partial charge >= 0.3 is 5.97 Å². The molecule has 1 aromatic heterocycles. The lowest BCUT2D eigenvalue weighted by molar-refractivity contribution is 0.0696. The van der Waals surface area contributed by atoms with Gasteiger partial charge in [0.2, 0.25) is 0 Å². The number of aromatic carboxylic acids is 1.